The molecule has 1 N–H and O–H groups in total. The average molecular weight is 682 g/mol. The predicted molar refractivity (Wildman–Crippen MR) is 152 cm³/mol. The monoisotopic (exact) mass is 681 g/mol. The minimum atomic E-state index is -6.45. The second-order valence-corrected chi connectivity index (χ2v) is 11.2. The van der Waals surface area contributed by atoms with E-state index in [0.29, 0.717) is 0 Å². The van der Waals surface area contributed by atoms with E-state index in [1.807, 2.05) is 5.32 Å². The zero-order chi connectivity index (χ0) is 34.2. The Morgan fingerprint density at radius 2 is 1.26 bits per heavy atom. The number of amides is 2. The largest absolute Gasteiger partial charge is 0.523 e. The quantitative estimate of drug-likeness (QED) is 0.143. The van der Waals surface area contributed by atoms with Crippen molar-refractivity contribution in [3.05, 3.63) is 108 Å². The topological polar surface area (TPSA) is 170 Å². The number of carbonyl (C=O) groups is 4. The summed E-state index contributed by atoms with van der Waals surface area (Å²) in [7, 11) is -5.43. The number of alkyl carbamates (subject to hydrolysis) is 1. The van der Waals surface area contributed by atoms with Crippen LogP contribution in [0.4, 0.5) is 18.0 Å². The van der Waals surface area contributed by atoms with Crippen molar-refractivity contribution in [1.29, 1.82) is 0 Å². The lowest BCUT2D eigenvalue weighted by molar-refractivity contribution is -0.288. The highest BCUT2D eigenvalue weighted by Crippen LogP contribution is 2.34. The summed E-state index contributed by atoms with van der Waals surface area (Å²) in [5, 5.41) is 1.89. The van der Waals surface area contributed by atoms with Crippen LogP contribution in [0.2, 0.25) is 0 Å². The summed E-state index contributed by atoms with van der Waals surface area (Å²) in [5.74, 6) is -3.13. The van der Waals surface area contributed by atoms with Gasteiger partial charge in [-0.3, -0.25) is 14.3 Å². The van der Waals surface area contributed by atoms with Crippen LogP contribution in [-0.2, 0) is 38.0 Å². The van der Waals surface area contributed by atoms with Gasteiger partial charge in [-0.15, -0.1) is 0 Å². The summed E-state index contributed by atoms with van der Waals surface area (Å²) >= 11 is 0. The van der Waals surface area contributed by atoms with Gasteiger partial charge in [0, 0.05) is 12.7 Å². The molecule has 17 heteroatoms. The maximum atomic E-state index is 13.6. The Bertz CT molecular complexity index is 1660. The number of methoxy groups -OCH3 is 1. The molecule has 1 heterocycles. The molecule has 1 fully saturated rings. The number of nitrogens with one attached hydrogen (secondary N) is 1. The fraction of sp³-hybridized carbons (Fsp3) is 0.267. The normalized spacial score (nSPS) is 21.2. The van der Waals surface area contributed by atoms with Crippen molar-refractivity contribution in [2.45, 2.75) is 36.2 Å². The number of alkyl halides is 3. The van der Waals surface area contributed by atoms with E-state index in [9.17, 15) is 40.8 Å². The van der Waals surface area contributed by atoms with Crippen molar-refractivity contribution >= 4 is 34.1 Å². The number of esters is 2. The van der Waals surface area contributed by atoms with E-state index in [1.165, 1.54) is 72.8 Å². The molecular formula is C30H26F3NO12S. The van der Waals surface area contributed by atoms with Crippen molar-refractivity contribution in [2.24, 2.45) is 0 Å². The molecule has 1 saturated heterocycles. The summed E-state index contributed by atoms with van der Waals surface area (Å²) in [6.45, 7) is -0.948. The number of benzene rings is 3. The Hall–Kier alpha value is -4.84. The molecule has 0 bridgehead atoms. The summed E-state index contributed by atoms with van der Waals surface area (Å²) < 4.78 is 96.3. The minimum absolute atomic E-state index is 0.0254. The van der Waals surface area contributed by atoms with E-state index in [4.69, 9.17) is 23.7 Å². The molecule has 13 nitrogen and oxygen atoms in total. The Labute approximate surface area is 265 Å². The maximum Gasteiger partial charge on any atom is 0.523 e. The molecule has 0 aromatic heterocycles. The molecule has 4 rings (SSSR count). The second kappa shape index (κ2) is 15.2. The van der Waals surface area contributed by atoms with E-state index in [0.717, 1.165) is 7.11 Å². The van der Waals surface area contributed by atoms with Crippen LogP contribution in [0.15, 0.2) is 91.0 Å². The summed E-state index contributed by atoms with van der Waals surface area (Å²) in [5.41, 5.74) is -6.06. The molecule has 250 valence electrons. The average Bonchev–Trinajstić information content (AvgIpc) is 3.06. The number of hydrogen-bond acceptors (Lipinski definition) is 12. The van der Waals surface area contributed by atoms with E-state index < -0.39 is 76.9 Å². The summed E-state index contributed by atoms with van der Waals surface area (Å²) in [6.07, 6.45) is -11.9. The van der Waals surface area contributed by atoms with Crippen molar-refractivity contribution < 1.29 is 68.6 Å². The molecular weight excluding hydrogens is 655 g/mol. The van der Waals surface area contributed by atoms with Crippen molar-refractivity contribution in [3.8, 4) is 0 Å². The van der Waals surface area contributed by atoms with Gasteiger partial charge in [-0.2, -0.15) is 21.6 Å². The van der Waals surface area contributed by atoms with E-state index in [2.05, 4.69) is 4.18 Å². The molecule has 0 radical (unpaired) electrons. The van der Waals surface area contributed by atoms with Crippen LogP contribution in [0.25, 0.3) is 0 Å². The third kappa shape index (κ3) is 8.91. The number of imide groups is 1. The molecule has 0 spiro atoms. The third-order valence-corrected chi connectivity index (χ3v) is 7.52. The molecule has 2 amide bonds. The first kappa shape index (κ1) is 35.0. The van der Waals surface area contributed by atoms with Gasteiger partial charge in [0.15, 0.2) is 18.5 Å². The van der Waals surface area contributed by atoms with Gasteiger partial charge < -0.3 is 23.7 Å². The number of ether oxygens (including phenoxy) is 5. The minimum Gasteiger partial charge on any atom is -0.459 e. The SMILES string of the molecule is CO[C@H]1O[C@H](COC(=O)c2ccccc2)[C@@H](OS(=O)(=O)C(F)(F)F)[C@H](OC(=O)c2ccccc2)[C@@H]1OC(=O)NC(=O)c1ccccc1. The van der Waals surface area contributed by atoms with Gasteiger partial charge >= 0.3 is 33.7 Å². The predicted octanol–water partition coefficient (Wildman–Crippen LogP) is 3.61. The van der Waals surface area contributed by atoms with Crippen molar-refractivity contribution in [1.82, 2.24) is 5.32 Å². The molecule has 5 atom stereocenters. The van der Waals surface area contributed by atoms with Crippen LogP contribution in [0.1, 0.15) is 31.1 Å². The van der Waals surface area contributed by atoms with Crippen LogP contribution in [-0.4, -0.2) is 82.3 Å². The Morgan fingerprint density at radius 3 is 1.77 bits per heavy atom. The van der Waals surface area contributed by atoms with Gasteiger partial charge in [0.2, 0.25) is 0 Å². The number of hydrogen-bond donors (Lipinski definition) is 1. The van der Waals surface area contributed by atoms with Gasteiger partial charge in [-0.05, 0) is 36.4 Å². The highest BCUT2D eigenvalue weighted by Gasteiger charge is 2.57. The molecule has 1 aliphatic heterocycles. The zero-order valence-corrected chi connectivity index (χ0v) is 25.0. The van der Waals surface area contributed by atoms with E-state index in [1.54, 1.807) is 18.2 Å². The maximum absolute atomic E-state index is 13.6. The molecule has 47 heavy (non-hydrogen) atoms. The lowest BCUT2D eigenvalue weighted by Gasteiger charge is -2.43. The molecule has 1 aliphatic rings. The first-order valence-corrected chi connectivity index (χ1v) is 14.9. The molecule has 3 aromatic rings. The lowest BCUT2D eigenvalue weighted by atomic mass is 9.98. The van der Waals surface area contributed by atoms with E-state index >= 15 is 0 Å². The standard InChI is InChI=1S/C30H26F3NO12S/c1-41-28-24(45-29(38)34-25(35)18-11-5-2-6-12-18)23(44-27(37)20-15-9-4-10-16-20)22(46-47(39,40)30(31,32)33)21(43-28)17-42-26(36)19-13-7-3-8-14-19/h2-16,21-24,28H,17H2,1H3,(H,34,35,38)/t21-,22-,23+,24+,28+/m1/s1. The van der Waals surface area contributed by atoms with Crippen LogP contribution in [0.3, 0.4) is 0 Å². The second-order valence-electron chi connectivity index (χ2n) is 9.63. The molecule has 0 aliphatic carbocycles. The van der Waals surface area contributed by atoms with E-state index in [-0.39, 0.29) is 16.7 Å². The highest BCUT2D eigenvalue weighted by atomic mass is 32.2. The van der Waals surface area contributed by atoms with Gasteiger partial charge in [0.1, 0.15) is 18.8 Å². The van der Waals surface area contributed by atoms with Gasteiger partial charge in [0.25, 0.3) is 5.91 Å². The molecule has 0 saturated carbocycles. The first-order valence-electron chi connectivity index (χ1n) is 13.5. The fourth-order valence-electron chi connectivity index (χ4n) is 4.27. The highest BCUT2D eigenvalue weighted by molar-refractivity contribution is 7.87. The molecule has 0 unspecified atom stereocenters. The zero-order valence-electron chi connectivity index (χ0n) is 24.2. The van der Waals surface area contributed by atoms with Gasteiger partial charge in [-0.1, -0.05) is 54.6 Å². The van der Waals surface area contributed by atoms with Crippen molar-refractivity contribution in [2.75, 3.05) is 13.7 Å². The Kier molecular flexibility index (Phi) is 11.3. The number of halogens is 3. The third-order valence-electron chi connectivity index (χ3n) is 6.48. The van der Waals surface area contributed by atoms with Crippen molar-refractivity contribution in [3.63, 3.8) is 0 Å². The van der Waals surface area contributed by atoms with Crippen LogP contribution >= 0.6 is 0 Å². The van der Waals surface area contributed by atoms with Crippen LogP contribution < -0.4 is 5.32 Å². The van der Waals surface area contributed by atoms with Gasteiger partial charge in [0.05, 0.1) is 11.1 Å². The molecule has 3 aromatic carbocycles. The van der Waals surface area contributed by atoms with Gasteiger partial charge in [-0.25, -0.2) is 14.4 Å². The summed E-state index contributed by atoms with van der Waals surface area (Å²) in [4.78, 5) is 51.1. The van der Waals surface area contributed by atoms with Crippen LogP contribution in [0.5, 0.6) is 0 Å². The Morgan fingerprint density at radius 1 is 0.745 bits per heavy atom. The summed E-state index contributed by atoms with van der Waals surface area (Å²) in [6, 6.07) is 21.7. The number of rotatable bonds is 10. The van der Waals surface area contributed by atoms with Crippen LogP contribution in [0, 0.1) is 0 Å². The first-order chi connectivity index (χ1) is 22.3. The Balaban J connectivity index is 1.70. The number of carbonyl (C=O) groups excluding carboxylic acids is 4. The lowest BCUT2D eigenvalue weighted by Crippen LogP contribution is -2.63. The fourth-order valence-corrected chi connectivity index (χ4v) is 4.90. The smallest absolute Gasteiger partial charge is 0.459 e.